The van der Waals surface area contributed by atoms with Crippen LogP contribution in [0.5, 0.6) is 0 Å². The van der Waals surface area contributed by atoms with Crippen molar-refractivity contribution in [2.45, 2.75) is 57.1 Å². The van der Waals surface area contributed by atoms with E-state index in [0.717, 1.165) is 6.42 Å². The zero-order chi connectivity index (χ0) is 17.7. The van der Waals surface area contributed by atoms with Gasteiger partial charge in [-0.1, -0.05) is 48.2 Å². The molecular formula is C15H23F3N2O2RuS. The SMILES string of the molecule is Cc1cccc(C)c1.N[C@H]1CCCC[C@@H]1NS(=O)(=O)C(F)(F)F.[Ru]. The summed E-state index contributed by atoms with van der Waals surface area (Å²) in [4.78, 5) is 0. The van der Waals surface area contributed by atoms with Gasteiger partial charge in [0.05, 0.1) is 0 Å². The average molecular weight is 453 g/mol. The fraction of sp³-hybridized carbons (Fsp3) is 0.600. The summed E-state index contributed by atoms with van der Waals surface area (Å²) in [6.07, 6.45) is 2.42. The van der Waals surface area contributed by atoms with Gasteiger partial charge in [-0.05, 0) is 26.7 Å². The molecule has 0 saturated heterocycles. The Morgan fingerprint density at radius 1 is 1.12 bits per heavy atom. The molecule has 0 heterocycles. The van der Waals surface area contributed by atoms with E-state index < -0.39 is 27.6 Å². The van der Waals surface area contributed by atoms with Gasteiger partial charge in [-0.3, -0.25) is 0 Å². The fourth-order valence-corrected chi connectivity index (χ4v) is 3.20. The van der Waals surface area contributed by atoms with Crippen LogP contribution in [-0.2, 0) is 29.5 Å². The Morgan fingerprint density at radius 2 is 1.62 bits per heavy atom. The smallest absolute Gasteiger partial charge is 0.326 e. The van der Waals surface area contributed by atoms with E-state index in [2.05, 4.69) is 38.1 Å². The number of alkyl halides is 3. The van der Waals surface area contributed by atoms with E-state index in [1.54, 1.807) is 4.72 Å². The summed E-state index contributed by atoms with van der Waals surface area (Å²) in [6.45, 7) is 4.21. The number of hydrogen-bond donors (Lipinski definition) is 2. The van der Waals surface area contributed by atoms with Gasteiger partial charge < -0.3 is 5.73 Å². The molecule has 0 aromatic heterocycles. The molecule has 1 aliphatic carbocycles. The summed E-state index contributed by atoms with van der Waals surface area (Å²) in [5, 5.41) is 0. The molecule has 0 spiro atoms. The van der Waals surface area contributed by atoms with Gasteiger partial charge in [0.25, 0.3) is 0 Å². The van der Waals surface area contributed by atoms with E-state index in [4.69, 9.17) is 5.73 Å². The van der Waals surface area contributed by atoms with Crippen LogP contribution in [0.4, 0.5) is 13.2 Å². The van der Waals surface area contributed by atoms with Crippen molar-refractivity contribution in [3.05, 3.63) is 35.4 Å². The predicted octanol–water partition coefficient (Wildman–Crippen LogP) is 3.00. The van der Waals surface area contributed by atoms with Crippen LogP contribution in [-0.4, -0.2) is 26.0 Å². The topological polar surface area (TPSA) is 72.2 Å². The third kappa shape index (κ3) is 7.59. The number of nitrogens with one attached hydrogen (secondary N) is 1. The maximum atomic E-state index is 12.0. The van der Waals surface area contributed by atoms with Crippen molar-refractivity contribution in [1.29, 1.82) is 0 Å². The molecule has 0 bridgehead atoms. The van der Waals surface area contributed by atoms with Crippen molar-refractivity contribution in [2.75, 3.05) is 0 Å². The Balaban J connectivity index is 0.000000498. The predicted molar refractivity (Wildman–Crippen MR) is 84.3 cm³/mol. The number of benzene rings is 1. The first-order chi connectivity index (χ1) is 10.5. The van der Waals surface area contributed by atoms with Crippen LogP contribution in [0.2, 0.25) is 0 Å². The van der Waals surface area contributed by atoms with Crippen LogP contribution >= 0.6 is 0 Å². The molecule has 1 aliphatic rings. The van der Waals surface area contributed by atoms with Crippen LogP contribution in [0.1, 0.15) is 36.8 Å². The van der Waals surface area contributed by atoms with Gasteiger partial charge in [0.15, 0.2) is 0 Å². The molecule has 9 heteroatoms. The summed E-state index contributed by atoms with van der Waals surface area (Å²) in [7, 11) is -5.26. The fourth-order valence-electron chi connectivity index (χ4n) is 2.38. The molecule has 1 aromatic rings. The van der Waals surface area contributed by atoms with Gasteiger partial charge in [0, 0.05) is 31.6 Å². The maximum Gasteiger partial charge on any atom is 0.511 e. The molecule has 0 amide bonds. The van der Waals surface area contributed by atoms with Gasteiger partial charge in [-0.2, -0.15) is 13.2 Å². The zero-order valence-corrected chi connectivity index (χ0v) is 16.1. The molecule has 0 unspecified atom stereocenters. The van der Waals surface area contributed by atoms with Crippen molar-refractivity contribution in [2.24, 2.45) is 5.73 Å². The van der Waals surface area contributed by atoms with Crippen molar-refractivity contribution >= 4 is 10.0 Å². The minimum Gasteiger partial charge on any atom is -0.326 e. The number of nitrogens with two attached hydrogens (primary N) is 1. The molecule has 3 N–H and O–H groups in total. The second-order valence-electron chi connectivity index (χ2n) is 5.78. The first-order valence-electron chi connectivity index (χ1n) is 7.40. The molecule has 4 nitrogen and oxygen atoms in total. The first kappa shape index (κ1) is 23.5. The van der Waals surface area contributed by atoms with E-state index in [-0.39, 0.29) is 19.5 Å². The number of aryl methyl sites for hydroxylation is 2. The largest absolute Gasteiger partial charge is 0.511 e. The summed E-state index contributed by atoms with van der Waals surface area (Å²) in [5.74, 6) is 0. The quantitative estimate of drug-likeness (QED) is 0.677. The van der Waals surface area contributed by atoms with Crippen molar-refractivity contribution in [3.63, 3.8) is 0 Å². The van der Waals surface area contributed by atoms with Crippen LogP contribution < -0.4 is 10.5 Å². The molecular weight excluding hydrogens is 430 g/mol. The first-order valence-corrected chi connectivity index (χ1v) is 8.88. The van der Waals surface area contributed by atoms with Crippen molar-refractivity contribution < 1.29 is 41.1 Å². The van der Waals surface area contributed by atoms with E-state index >= 15 is 0 Å². The standard InChI is InChI=1S/C8H10.C7H13F3N2O2S.Ru/c1-7-4-3-5-8(2)6-7;8-7(9,10)15(13,14)12-6-4-2-1-3-5(6)11;/h3-6H,1-2H3;5-6,12H,1-4,11H2;/t;5-,6-;/m.0./s1. The Kier molecular flexibility index (Phi) is 9.65. The number of rotatable bonds is 2. The average Bonchev–Trinajstić information content (AvgIpc) is 2.40. The van der Waals surface area contributed by atoms with E-state index in [1.165, 1.54) is 11.1 Å². The van der Waals surface area contributed by atoms with E-state index in [1.807, 2.05) is 0 Å². The summed E-state index contributed by atoms with van der Waals surface area (Å²) < 4.78 is 59.2. The summed E-state index contributed by atoms with van der Waals surface area (Å²) in [5.41, 5.74) is 2.95. The van der Waals surface area contributed by atoms with Crippen LogP contribution in [0.3, 0.4) is 0 Å². The van der Waals surface area contributed by atoms with Crippen LogP contribution in [0, 0.1) is 13.8 Å². The molecule has 1 saturated carbocycles. The minimum atomic E-state index is -5.26. The number of sulfonamides is 1. The second-order valence-corrected chi connectivity index (χ2v) is 7.49. The Labute approximate surface area is 154 Å². The van der Waals surface area contributed by atoms with Crippen molar-refractivity contribution in [1.82, 2.24) is 4.72 Å². The summed E-state index contributed by atoms with van der Waals surface area (Å²) in [6, 6.07) is 7.12. The normalized spacial score (nSPS) is 21.2. The third-order valence-electron chi connectivity index (χ3n) is 3.60. The Hall–Kier alpha value is -0.497. The molecule has 1 fully saturated rings. The van der Waals surface area contributed by atoms with Gasteiger partial charge in [-0.15, -0.1) is 0 Å². The van der Waals surface area contributed by atoms with Crippen LogP contribution in [0.25, 0.3) is 0 Å². The maximum absolute atomic E-state index is 12.0. The molecule has 24 heavy (non-hydrogen) atoms. The van der Waals surface area contributed by atoms with Gasteiger partial charge in [0.1, 0.15) is 0 Å². The molecule has 2 rings (SSSR count). The number of hydrogen-bond acceptors (Lipinski definition) is 3. The zero-order valence-electron chi connectivity index (χ0n) is 13.6. The van der Waals surface area contributed by atoms with E-state index in [0.29, 0.717) is 19.3 Å². The number of halogens is 3. The molecule has 0 aliphatic heterocycles. The second kappa shape index (κ2) is 9.85. The Bertz CT molecular complexity index is 592. The van der Waals surface area contributed by atoms with E-state index in [9.17, 15) is 21.6 Å². The monoisotopic (exact) mass is 454 g/mol. The molecule has 140 valence electrons. The Morgan fingerprint density at radius 3 is 2.00 bits per heavy atom. The minimum absolute atomic E-state index is 0. The van der Waals surface area contributed by atoms with Crippen molar-refractivity contribution in [3.8, 4) is 0 Å². The van der Waals surface area contributed by atoms with Gasteiger partial charge in [0.2, 0.25) is 0 Å². The third-order valence-corrected chi connectivity index (χ3v) is 4.83. The molecule has 1 aromatic carbocycles. The molecule has 0 radical (unpaired) electrons. The van der Waals surface area contributed by atoms with Gasteiger partial charge >= 0.3 is 15.5 Å². The molecule has 2 atom stereocenters. The van der Waals surface area contributed by atoms with Gasteiger partial charge in [-0.25, -0.2) is 13.1 Å². The van der Waals surface area contributed by atoms with Crippen LogP contribution in [0.15, 0.2) is 24.3 Å². The summed E-state index contributed by atoms with van der Waals surface area (Å²) >= 11 is 0.